The highest BCUT2D eigenvalue weighted by Gasteiger charge is 2.48. The summed E-state index contributed by atoms with van der Waals surface area (Å²) in [6.45, 7) is 3.95. The molecule has 1 heterocycles. The number of urea groups is 1. The minimum absolute atomic E-state index is 0.187. The van der Waals surface area contributed by atoms with Gasteiger partial charge in [0.25, 0.3) is 5.91 Å². The molecule has 1 aromatic rings. The molecule has 1 atom stereocenters. The third kappa shape index (κ3) is 3.10. The Morgan fingerprint density at radius 1 is 1.27 bits per heavy atom. The molecule has 0 aromatic heterocycles. The molecule has 0 aliphatic carbocycles. The molecule has 1 aliphatic heterocycles. The van der Waals surface area contributed by atoms with Gasteiger partial charge in [-0.05, 0) is 25.8 Å². The molecular formula is C16H20N2O4. The highest BCUT2D eigenvalue weighted by atomic mass is 16.5. The summed E-state index contributed by atoms with van der Waals surface area (Å²) < 4.78 is 4.83. The average Bonchev–Trinajstić information content (AvgIpc) is 2.73. The Bertz CT molecular complexity index is 573. The number of carbonyl (C=O) groups excluding carboxylic acids is 3. The van der Waals surface area contributed by atoms with E-state index in [0.717, 1.165) is 10.5 Å². The van der Waals surface area contributed by atoms with Crippen LogP contribution in [0.1, 0.15) is 32.3 Å². The van der Waals surface area contributed by atoms with Crippen molar-refractivity contribution in [2.24, 2.45) is 0 Å². The summed E-state index contributed by atoms with van der Waals surface area (Å²) >= 11 is 0. The summed E-state index contributed by atoms with van der Waals surface area (Å²) in [6.07, 6.45) is 0.579. The van der Waals surface area contributed by atoms with Gasteiger partial charge in [0, 0.05) is 13.0 Å². The van der Waals surface area contributed by atoms with Crippen LogP contribution >= 0.6 is 0 Å². The average molecular weight is 304 g/mol. The zero-order chi connectivity index (χ0) is 16.2. The lowest BCUT2D eigenvalue weighted by Gasteiger charge is -2.22. The van der Waals surface area contributed by atoms with Crippen molar-refractivity contribution in [1.29, 1.82) is 0 Å². The zero-order valence-electron chi connectivity index (χ0n) is 12.8. The second kappa shape index (κ2) is 6.60. The number of nitrogens with one attached hydrogen (secondary N) is 1. The van der Waals surface area contributed by atoms with Gasteiger partial charge in [0.05, 0.1) is 6.61 Å². The van der Waals surface area contributed by atoms with Crippen LogP contribution in [0.3, 0.4) is 0 Å². The van der Waals surface area contributed by atoms with Crippen LogP contribution < -0.4 is 5.32 Å². The lowest BCUT2D eigenvalue weighted by molar-refractivity contribution is -0.143. The molecule has 1 aliphatic rings. The van der Waals surface area contributed by atoms with Crippen molar-refractivity contribution >= 4 is 17.9 Å². The molecule has 6 heteroatoms. The van der Waals surface area contributed by atoms with Crippen LogP contribution in [-0.2, 0) is 19.9 Å². The highest BCUT2D eigenvalue weighted by Crippen LogP contribution is 2.28. The zero-order valence-corrected chi connectivity index (χ0v) is 12.8. The minimum atomic E-state index is -1.05. The van der Waals surface area contributed by atoms with Crippen LogP contribution in [0.5, 0.6) is 0 Å². The summed E-state index contributed by atoms with van der Waals surface area (Å²) in [5, 5.41) is 2.73. The Balaban J connectivity index is 2.02. The van der Waals surface area contributed by atoms with E-state index in [2.05, 4.69) is 5.32 Å². The van der Waals surface area contributed by atoms with Gasteiger partial charge in [0.15, 0.2) is 0 Å². The van der Waals surface area contributed by atoms with Gasteiger partial charge in [-0.25, -0.2) is 4.79 Å². The minimum Gasteiger partial charge on any atom is -0.466 e. The van der Waals surface area contributed by atoms with Crippen molar-refractivity contribution in [3.8, 4) is 0 Å². The molecule has 0 spiro atoms. The number of esters is 1. The summed E-state index contributed by atoms with van der Waals surface area (Å²) in [4.78, 5) is 37.1. The molecule has 1 aromatic carbocycles. The predicted molar refractivity (Wildman–Crippen MR) is 79.9 cm³/mol. The van der Waals surface area contributed by atoms with Crippen molar-refractivity contribution in [3.05, 3.63) is 35.9 Å². The van der Waals surface area contributed by atoms with Crippen LogP contribution in [0, 0.1) is 0 Å². The topological polar surface area (TPSA) is 75.7 Å². The molecule has 1 saturated heterocycles. The molecule has 1 N–H and O–H groups in total. The van der Waals surface area contributed by atoms with Crippen molar-refractivity contribution < 1.29 is 19.1 Å². The molecule has 6 nitrogen and oxygen atoms in total. The molecule has 1 unspecified atom stereocenters. The maximum Gasteiger partial charge on any atom is 0.325 e. The molecular weight excluding hydrogens is 284 g/mol. The van der Waals surface area contributed by atoms with Gasteiger partial charge in [-0.15, -0.1) is 0 Å². The van der Waals surface area contributed by atoms with Gasteiger partial charge in [0.2, 0.25) is 0 Å². The van der Waals surface area contributed by atoms with Gasteiger partial charge in [-0.2, -0.15) is 0 Å². The van der Waals surface area contributed by atoms with Crippen LogP contribution in [0.2, 0.25) is 0 Å². The van der Waals surface area contributed by atoms with Gasteiger partial charge in [-0.1, -0.05) is 30.3 Å². The van der Waals surface area contributed by atoms with Crippen LogP contribution in [0.4, 0.5) is 4.79 Å². The number of ether oxygens (including phenoxy) is 1. The summed E-state index contributed by atoms with van der Waals surface area (Å²) in [5.41, 5.74) is -0.316. The summed E-state index contributed by atoms with van der Waals surface area (Å²) in [6, 6.07) is 8.68. The van der Waals surface area contributed by atoms with E-state index in [1.54, 1.807) is 26.0 Å². The number of amides is 3. The first-order valence-corrected chi connectivity index (χ1v) is 7.34. The monoisotopic (exact) mass is 304 g/mol. The second-order valence-electron chi connectivity index (χ2n) is 5.29. The number of hydrogen-bond acceptors (Lipinski definition) is 4. The Morgan fingerprint density at radius 2 is 1.95 bits per heavy atom. The fourth-order valence-corrected chi connectivity index (χ4v) is 2.48. The molecule has 0 saturated carbocycles. The van der Waals surface area contributed by atoms with Crippen LogP contribution in [-0.4, -0.2) is 36.0 Å². The maximum absolute atomic E-state index is 12.6. The van der Waals surface area contributed by atoms with E-state index in [0.29, 0.717) is 13.0 Å². The molecule has 0 radical (unpaired) electrons. The first kappa shape index (κ1) is 16.0. The quantitative estimate of drug-likeness (QED) is 0.642. The standard InChI is InChI=1S/C16H20N2O4/c1-3-22-13(19)10-7-11-18-14(20)16(2,17-15(18)21)12-8-5-4-6-9-12/h4-6,8-9H,3,7,10-11H2,1-2H3,(H,17,21). The number of carbonyl (C=O) groups is 3. The van der Waals surface area contributed by atoms with Gasteiger partial charge < -0.3 is 10.1 Å². The Morgan fingerprint density at radius 3 is 2.59 bits per heavy atom. The maximum atomic E-state index is 12.6. The van der Waals surface area contributed by atoms with Gasteiger partial charge in [0.1, 0.15) is 5.54 Å². The smallest absolute Gasteiger partial charge is 0.325 e. The molecule has 0 bridgehead atoms. The van der Waals surface area contributed by atoms with Crippen LogP contribution in [0.25, 0.3) is 0 Å². The summed E-state index contributed by atoms with van der Waals surface area (Å²) in [5.74, 6) is -0.618. The summed E-state index contributed by atoms with van der Waals surface area (Å²) in [7, 11) is 0. The van der Waals surface area contributed by atoms with Crippen molar-refractivity contribution in [1.82, 2.24) is 10.2 Å². The van der Waals surface area contributed by atoms with Crippen molar-refractivity contribution in [3.63, 3.8) is 0 Å². The van der Waals surface area contributed by atoms with Crippen molar-refractivity contribution in [2.45, 2.75) is 32.2 Å². The van der Waals surface area contributed by atoms with E-state index >= 15 is 0 Å². The van der Waals surface area contributed by atoms with Crippen LogP contribution in [0.15, 0.2) is 30.3 Å². The number of rotatable bonds is 6. The highest BCUT2D eigenvalue weighted by molar-refractivity contribution is 6.07. The molecule has 118 valence electrons. The molecule has 2 rings (SSSR count). The second-order valence-corrected chi connectivity index (χ2v) is 5.29. The Kier molecular flexibility index (Phi) is 4.80. The lowest BCUT2D eigenvalue weighted by Crippen LogP contribution is -2.41. The first-order chi connectivity index (χ1) is 10.5. The fraction of sp³-hybridized carbons (Fsp3) is 0.438. The van der Waals surface area contributed by atoms with E-state index in [1.807, 2.05) is 18.2 Å². The van der Waals surface area contributed by atoms with E-state index < -0.39 is 11.6 Å². The van der Waals surface area contributed by atoms with E-state index in [-0.39, 0.29) is 24.8 Å². The third-order valence-electron chi connectivity index (χ3n) is 3.69. The molecule has 1 fully saturated rings. The van der Waals surface area contributed by atoms with E-state index in [9.17, 15) is 14.4 Å². The lowest BCUT2D eigenvalue weighted by atomic mass is 9.92. The number of imide groups is 1. The third-order valence-corrected chi connectivity index (χ3v) is 3.69. The van der Waals surface area contributed by atoms with Crippen molar-refractivity contribution in [2.75, 3.05) is 13.2 Å². The Hall–Kier alpha value is -2.37. The normalized spacial score (nSPS) is 20.9. The van der Waals surface area contributed by atoms with E-state index in [1.165, 1.54) is 0 Å². The number of benzene rings is 1. The van der Waals surface area contributed by atoms with Gasteiger partial charge >= 0.3 is 12.0 Å². The largest absolute Gasteiger partial charge is 0.466 e. The Labute approximate surface area is 129 Å². The predicted octanol–water partition coefficient (Wildman–Crippen LogP) is 1.80. The van der Waals surface area contributed by atoms with Gasteiger partial charge in [-0.3, -0.25) is 14.5 Å². The van der Waals surface area contributed by atoms with E-state index in [4.69, 9.17) is 4.74 Å². The molecule has 22 heavy (non-hydrogen) atoms. The first-order valence-electron chi connectivity index (χ1n) is 7.34. The fourth-order valence-electron chi connectivity index (χ4n) is 2.48. The number of nitrogens with zero attached hydrogens (tertiary/aromatic N) is 1. The SMILES string of the molecule is CCOC(=O)CCCN1C(=O)NC(C)(c2ccccc2)C1=O. The number of hydrogen-bond donors (Lipinski definition) is 1. The molecule has 3 amide bonds.